The molecule has 0 radical (unpaired) electrons. The molecule has 0 aromatic carbocycles. The first-order valence-electron chi connectivity index (χ1n) is 5.35. The molecule has 0 aliphatic carbocycles. The fraction of sp³-hybridized carbons (Fsp3) is 0.727. The molecule has 2 rings (SSSR count). The van der Waals surface area contributed by atoms with Gasteiger partial charge in [0.2, 0.25) is 0 Å². The average molecular weight is 194 g/mol. The Bertz CT molecular complexity index is 306. The SMILES string of the molecule is CC(C)CC1Cc2nccn2CC1O. The van der Waals surface area contributed by atoms with E-state index in [0.717, 1.165) is 18.7 Å². The van der Waals surface area contributed by atoms with Gasteiger partial charge >= 0.3 is 0 Å². The Balaban J connectivity index is 2.09. The minimum Gasteiger partial charge on any atom is -0.391 e. The second kappa shape index (κ2) is 3.73. The number of aliphatic hydroxyl groups excluding tert-OH is 1. The van der Waals surface area contributed by atoms with Crippen molar-refractivity contribution in [3.8, 4) is 0 Å². The standard InChI is InChI=1S/C11H18N2O/c1-8(2)5-9-6-11-12-3-4-13(11)7-10(9)14/h3-4,8-10,14H,5-7H2,1-2H3. The largest absolute Gasteiger partial charge is 0.391 e. The van der Waals surface area contributed by atoms with Crippen molar-refractivity contribution in [3.63, 3.8) is 0 Å². The van der Waals surface area contributed by atoms with Crippen LogP contribution < -0.4 is 0 Å². The zero-order valence-electron chi connectivity index (χ0n) is 8.85. The quantitative estimate of drug-likeness (QED) is 0.774. The molecule has 1 aromatic heterocycles. The van der Waals surface area contributed by atoms with Gasteiger partial charge in [0.25, 0.3) is 0 Å². The van der Waals surface area contributed by atoms with Crippen molar-refractivity contribution < 1.29 is 5.11 Å². The monoisotopic (exact) mass is 194 g/mol. The highest BCUT2D eigenvalue weighted by Gasteiger charge is 2.27. The molecule has 1 aliphatic rings. The van der Waals surface area contributed by atoms with Gasteiger partial charge < -0.3 is 9.67 Å². The van der Waals surface area contributed by atoms with Gasteiger partial charge in [-0.1, -0.05) is 13.8 Å². The van der Waals surface area contributed by atoms with Gasteiger partial charge in [0.15, 0.2) is 0 Å². The normalized spacial score (nSPS) is 26.6. The van der Waals surface area contributed by atoms with Gasteiger partial charge in [-0.2, -0.15) is 0 Å². The van der Waals surface area contributed by atoms with Crippen molar-refractivity contribution in [1.82, 2.24) is 9.55 Å². The highest BCUT2D eigenvalue weighted by molar-refractivity contribution is 4.99. The molecular formula is C11H18N2O. The molecule has 78 valence electrons. The van der Waals surface area contributed by atoms with Gasteiger partial charge in [-0.25, -0.2) is 4.98 Å². The maximum absolute atomic E-state index is 9.93. The van der Waals surface area contributed by atoms with Crippen LogP contribution in [0.5, 0.6) is 0 Å². The number of hydrogen-bond donors (Lipinski definition) is 1. The van der Waals surface area contributed by atoms with E-state index in [-0.39, 0.29) is 6.10 Å². The summed E-state index contributed by atoms with van der Waals surface area (Å²) in [5.41, 5.74) is 0. The van der Waals surface area contributed by atoms with E-state index >= 15 is 0 Å². The number of aliphatic hydroxyl groups is 1. The van der Waals surface area contributed by atoms with E-state index in [0.29, 0.717) is 18.4 Å². The van der Waals surface area contributed by atoms with Crippen LogP contribution in [-0.4, -0.2) is 20.8 Å². The summed E-state index contributed by atoms with van der Waals surface area (Å²) in [6.45, 7) is 5.12. The number of hydrogen-bond acceptors (Lipinski definition) is 2. The molecule has 0 saturated heterocycles. The molecule has 0 bridgehead atoms. The number of aromatic nitrogens is 2. The molecule has 1 aliphatic heterocycles. The Hall–Kier alpha value is -0.830. The number of imidazole rings is 1. The van der Waals surface area contributed by atoms with Crippen LogP contribution in [-0.2, 0) is 13.0 Å². The third-order valence-corrected chi connectivity index (χ3v) is 2.95. The lowest BCUT2D eigenvalue weighted by molar-refractivity contribution is 0.0623. The molecule has 14 heavy (non-hydrogen) atoms. The van der Waals surface area contributed by atoms with Crippen molar-refractivity contribution in [2.75, 3.05) is 0 Å². The Labute approximate surface area is 84.8 Å². The topological polar surface area (TPSA) is 38.0 Å². The first kappa shape index (κ1) is 9.71. The van der Waals surface area contributed by atoms with Crippen LogP contribution in [0.4, 0.5) is 0 Å². The van der Waals surface area contributed by atoms with Crippen LogP contribution in [0.25, 0.3) is 0 Å². The maximum atomic E-state index is 9.93. The average Bonchev–Trinajstić information content (AvgIpc) is 2.51. The highest BCUT2D eigenvalue weighted by atomic mass is 16.3. The summed E-state index contributed by atoms with van der Waals surface area (Å²) in [4.78, 5) is 4.30. The van der Waals surface area contributed by atoms with E-state index in [9.17, 15) is 5.11 Å². The van der Waals surface area contributed by atoms with Crippen molar-refractivity contribution in [2.45, 2.75) is 39.3 Å². The summed E-state index contributed by atoms with van der Waals surface area (Å²) in [7, 11) is 0. The summed E-state index contributed by atoms with van der Waals surface area (Å²) in [6, 6.07) is 0. The van der Waals surface area contributed by atoms with Crippen LogP contribution in [0.15, 0.2) is 12.4 Å². The lowest BCUT2D eigenvalue weighted by atomic mass is 9.87. The summed E-state index contributed by atoms with van der Waals surface area (Å²) in [5.74, 6) is 2.17. The second-order valence-corrected chi connectivity index (χ2v) is 4.66. The molecule has 3 nitrogen and oxygen atoms in total. The predicted octanol–water partition coefficient (Wildman–Crippen LogP) is 1.46. The molecule has 0 saturated carbocycles. The van der Waals surface area contributed by atoms with E-state index in [1.54, 1.807) is 0 Å². The molecule has 2 heterocycles. The Morgan fingerprint density at radius 1 is 1.64 bits per heavy atom. The highest BCUT2D eigenvalue weighted by Crippen LogP contribution is 2.25. The van der Waals surface area contributed by atoms with Crippen molar-refractivity contribution >= 4 is 0 Å². The van der Waals surface area contributed by atoms with Gasteiger partial charge in [-0.05, 0) is 18.3 Å². The molecule has 2 unspecified atom stereocenters. The molecule has 3 heteroatoms. The molecule has 0 fully saturated rings. The molecule has 2 atom stereocenters. The number of nitrogens with zero attached hydrogens (tertiary/aromatic N) is 2. The minimum absolute atomic E-state index is 0.195. The van der Waals surface area contributed by atoms with E-state index < -0.39 is 0 Å². The molecule has 0 amide bonds. The Morgan fingerprint density at radius 2 is 2.43 bits per heavy atom. The summed E-state index contributed by atoms with van der Waals surface area (Å²) in [5, 5.41) is 9.93. The fourth-order valence-corrected chi connectivity index (χ4v) is 2.26. The minimum atomic E-state index is -0.195. The lowest BCUT2D eigenvalue weighted by Gasteiger charge is -2.29. The van der Waals surface area contributed by atoms with Gasteiger partial charge in [0.05, 0.1) is 12.6 Å². The van der Waals surface area contributed by atoms with Crippen molar-refractivity contribution in [1.29, 1.82) is 0 Å². The van der Waals surface area contributed by atoms with E-state index in [1.165, 1.54) is 0 Å². The first-order chi connectivity index (χ1) is 6.66. The first-order valence-corrected chi connectivity index (χ1v) is 5.35. The lowest BCUT2D eigenvalue weighted by Crippen LogP contribution is -2.34. The van der Waals surface area contributed by atoms with E-state index in [2.05, 4.69) is 23.4 Å². The molecule has 1 N–H and O–H groups in total. The van der Waals surface area contributed by atoms with E-state index in [4.69, 9.17) is 0 Å². The van der Waals surface area contributed by atoms with Crippen LogP contribution in [0, 0.1) is 11.8 Å². The Kier molecular flexibility index (Phi) is 2.59. The van der Waals surface area contributed by atoms with Gasteiger partial charge in [0.1, 0.15) is 5.82 Å². The van der Waals surface area contributed by atoms with Crippen molar-refractivity contribution in [3.05, 3.63) is 18.2 Å². The third kappa shape index (κ3) is 1.82. The Morgan fingerprint density at radius 3 is 3.14 bits per heavy atom. The van der Waals surface area contributed by atoms with Gasteiger partial charge in [-0.15, -0.1) is 0 Å². The fourth-order valence-electron chi connectivity index (χ4n) is 2.26. The van der Waals surface area contributed by atoms with Crippen LogP contribution in [0.1, 0.15) is 26.1 Å². The summed E-state index contributed by atoms with van der Waals surface area (Å²) < 4.78 is 2.06. The zero-order valence-corrected chi connectivity index (χ0v) is 8.85. The van der Waals surface area contributed by atoms with Crippen molar-refractivity contribution in [2.24, 2.45) is 11.8 Å². The summed E-state index contributed by atoms with van der Waals surface area (Å²) >= 11 is 0. The third-order valence-electron chi connectivity index (χ3n) is 2.95. The van der Waals surface area contributed by atoms with Crippen LogP contribution in [0.2, 0.25) is 0 Å². The van der Waals surface area contributed by atoms with E-state index in [1.807, 2.05) is 12.4 Å². The molecular weight excluding hydrogens is 176 g/mol. The molecule has 1 aromatic rings. The maximum Gasteiger partial charge on any atom is 0.109 e. The van der Waals surface area contributed by atoms with Crippen LogP contribution in [0.3, 0.4) is 0 Å². The smallest absolute Gasteiger partial charge is 0.109 e. The zero-order chi connectivity index (χ0) is 10.1. The van der Waals surface area contributed by atoms with Gasteiger partial charge in [0, 0.05) is 18.8 Å². The van der Waals surface area contributed by atoms with Gasteiger partial charge in [-0.3, -0.25) is 0 Å². The van der Waals surface area contributed by atoms with Crippen LogP contribution >= 0.6 is 0 Å². The second-order valence-electron chi connectivity index (χ2n) is 4.66. The molecule has 0 spiro atoms. The summed E-state index contributed by atoms with van der Waals surface area (Å²) in [6.07, 6.45) is 5.59. The number of fused-ring (bicyclic) bond motifs is 1. The number of rotatable bonds is 2. The predicted molar refractivity (Wildman–Crippen MR) is 54.9 cm³/mol.